The fraction of sp³-hybridized carbons (Fsp3) is 0.0444. The Balaban J connectivity index is 0.000000106. The highest BCUT2D eigenvalue weighted by atomic mass is 32.1. The molecule has 4 heterocycles. The lowest BCUT2D eigenvalue weighted by Crippen LogP contribution is -2.14. The second-order valence-corrected chi connectivity index (χ2v) is 40.5. The lowest BCUT2D eigenvalue weighted by atomic mass is 9.82. The predicted molar refractivity (Wildman–Crippen MR) is 606 cm³/mol. The minimum Gasteiger partial charge on any atom is -0.208 e. The van der Waals surface area contributed by atoms with E-state index in [9.17, 15) is 0 Å². The maximum Gasteiger partial charge on any atom is 0.164 e. The molecule has 0 unspecified atom stereocenters. The van der Waals surface area contributed by atoms with Crippen molar-refractivity contribution in [1.82, 2.24) is 44.9 Å². The quantitative estimate of drug-likeness (QED) is 0.130. The van der Waals surface area contributed by atoms with E-state index in [-0.39, 0.29) is 10.8 Å². The summed E-state index contributed by atoms with van der Waals surface area (Å²) in [5.74, 6) is 5.96. The summed E-state index contributed by atoms with van der Waals surface area (Å²) in [5.41, 5.74) is 19.5. The van der Waals surface area contributed by atoms with E-state index < -0.39 is 0 Å². The molecule has 145 heavy (non-hydrogen) atoms. The van der Waals surface area contributed by atoms with Gasteiger partial charge in [0, 0.05) is 81.1 Å². The Hall–Kier alpha value is -18.4. The van der Waals surface area contributed by atoms with Gasteiger partial charge in [-0.3, -0.25) is 0 Å². The second kappa shape index (κ2) is 33.7. The summed E-state index contributed by atoms with van der Waals surface area (Å²) in [5, 5.41) is 31.3. The Kier molecular flexibility index (Phi) is 19.7. The molecular weight excluding hydrogens is 1780 g/mol. The molecule has 678 valence electrons. The van der Waals surface area contributed by atoms with Crippen molar-refractivity contribution in [2.75, 3.05) is 0 Å². The van der Waals surface area contributed by atoms with Crippen molar-refractivity contribution in [1.29, 1.82) is 0 Å². The van der Waals surface area contributed by atoms with E-state index in [1.54, 1.807) is 0 Å². The molecule has 0 radical (unpaired) electrons. The van der Waals surface area contributed by atoms with E-state index in [0.717, 1.165) is 93.2 Å². The Bertz CT molecular complexity index is 10100. The molecule has 0 amide bonds. The van der Waals surface area contributed by atoms with E-state index in [4.69, 9.17) is 44.9 Å². The van der Waals surface area contributed by atoms with Crippen LogP contribution in [0.1, 0.15) is 49.9 Å². The summed E-state index contributed by atoms with van der Waals surface area (Å²) >= 11 is 1.85. The largest absolute Gasteiger partial charge is 0.208 e. The van der Waals surface area contributed by atoms with Gasteiger partial charge in [-0.25, -0.2) is 44.9 Å². The van der Waals surface area contributed by atoms with Gasteiger partial charge in [0.1, 0.15) is 0 Å². The molecule has 2 aliphatic rings. The fourth-order valence-electron chi connectivity index (χ4n) is 22.9. The maximum atomic E-state index is 5.21. The molecule has 0 fully saturated rings. The number of nitrogens with zero attached hydrogens (tertiary/aromatic N) is 9. The van der Waals surface area contributed by atoms with Gasteiger partial charge in [0.2, 0.25) is 0 Å². The molecule has 10 heteroatoms. The SMILES string of the molecule is CC1(C)c2ccccc2-c2c1ccc1ccc3c(-c4nc(-c5ccc6ccccc6c5)nc(-c5ccc6ccccc6c5)n4)cccc3c21.CC1(C)c2ccccc2-c2c1ccc1ccc3cc(-c4nc(-c5ccc6ccccc6c5)nc(-c5ccc6ccccc6c5)n4)ccc3c21.c1ccc2cc(-c3nc(-c4ccc5ccccc5c4)nc(-c4cccc5c4ccc4ccc6sc7ccccc7c6c45)n3)ccc2c1. The number of aromatic nitrogens is 9. The van der Waals surface area contributed by atoms with Gasteiger partial charge in [-0.2, -0.15) is 0 Å². The first-order chi connectivity index (χ1) is 71.3. The standard InChI is InChI=1S/2C46H31N3.C43H25N3S/c1-46(2)39-17-8-7-14-38(39)42-40(46)25-23-30-22-24-35-36(41(30)42)15-9-16-37(35)45-48-43(33-20-18-28-10-3-5-12-31(28)26-33)47-44(49-45)34-21-19-29-11-4-6-13-32(29)27-34;1-46(2)39-14-8-7-13-38(39)42-40(46)24-22-30-17-18-33-27-36(21-23-37(33)41(30)42)45-48-43(34-19-15-28-9-3-5-11-31(28)25-34)47-44(49-45)35-20-16-29-10-4-6-12-32(29)26-35;1-3-10-29-24-31(18-16-26(29)8-1)41-44-42(32-19-17-27-9-2-4-11-30(27)25-32)46-43(45-41)35-14-7-13-34-33(35)22-20-28-21-23-38-40(39(28)34)36-12-5-6-15-37(36)47-38/h2*3-27H,1-2H3;1-25H. The third-order valence-corrected chi connectivity index (χ3v) is 31.3. The van der Waals surface area contributed by atoms with Gasteiger partial charge in [0.05, 0.1) is 0 Å². The third-order valence-electron chi connectivity index (χ3n) is 30.2. The number of benzene rings is 24. The summed E-state index contributed by atoms with van der Waals surface area (Å²) in [4.78, 5) is 46.3. The van der Waals surface area contributed by atoms with Gasteiger partial charge in [-0.05, 0) is 228 Å². The van der Waals surface area contributed by atoms with Crippen molar-refractivity contribution in [2.24, 2.45) is 0 Å². The highest BCUT2D eigenvalue weighted by Gasteiger charge is 2.39. The molecule has 0 saturated carbocycles. The zero-order valence-corrected chi connectivity index (χ0v) is 80.6. The minimum atomic E-state index is -0.0718. The van der Waals surface area contributed by atoms with Crippen LogP contribution in [0.15, 0.2) is 455 Å². The monoisotopic (exact) mass is 1870 g/mol. The van der Waals surface area contributed by atoms with Gasteiger partial charge in [-0.1, -0.05) is 428 Å². The van der Waals surface area contributed by atoms with Gasteiger partial charge < -0.3 is 0 Å². The summed E-state index contributed by atoms with van der Waals surface area (Å²) in [6, 6.07) is 162. The van der Waals surface area contributed by atoms with Gasteiger partial charge in [0.15, 0.2) is 52.4 Å². The predicted octanol–water partition coefficient (Wildman–Crippen LogP) is 35.4. The first-order valence-corrected chi connectivity index (χ1v) is 50.3. The van der Waals surface area contributed by atoms with Crippen molar-refractivity contribution in [3.8, 4) is 125 Å². The molecule has 0 bridgehead atoms. The molecule has 0 atom stereocenters. The van der Waals surface area contributed by atoms with E-state index in [2.05, 4.69) is 483 Å². The molecule has 2 aliphatic carbocycles. The van der Waals surface area contributed by atoms with Crippen LogP contribution in [-0.4, -0.2) is 44.9 Å². The third kappa shape index (κ3) is 14.4. The summed E-state index contributed by atoms with van der Waals surface area (Å²) in [6.45, 7) is 9.36. The van der Waals surface area contributed by atoms with Crippen LogP contribution in [0, 0.1) is 0 Å². The normalized spacial score (nSPS) is 12.8. The first-order valence-electron chi connectivity index (χ1n) is 49.5. The summed E-state index contributed by atoms with van der Waals surface area (Å²) in [7, 11) is 0. The number of rotatable bonds is 9. The minimum absolute atomic E-state index is 0.0502. The van der Waals surface area contributed by atoms with E-state index >= 15 is 0 Å². The molecule has 0 spiro atoms. The molecule has 4 aromatic heterocycles. The molecule has 0 aliphatic heterocycles. The second-order valence-electron chi connectivity index (χ2n) is 39.4. The molecule has 30 rings (SSSR count). The number of fused-ring (bicyclic) bond motifs is 27. The average Bonchev–Trinajstić information content (AvgIpc) is 1.55. The van der Waals surface area contributed by atoms with Crippen LogP contribution in [0.4, 0.5) is 0 Å². The van der Waals surface area contributed by atoms with Crippen molar-refractivity contribution < 1.29 is 0 Å². The molecule has 24 aromatic carbocycles. The smallest absolute Gasteiger partial charge is 0.164 e. The number of thiophene rings is 1. The van der Waals surface area contributed by atoms with E-state index in [1.165, 1.54) is 151 Å². The Morgan fingerprint density at radius 1 is 0.152 bits per heavy atom. The van der Waals surface area contributed by atoms with Crippen LogP contribution in [0.3, 0.4) is 0 Å². The van der Waals surface area contributed by atoms with Gasteiger partial charge in [0.25, 0.3) is 0 Å². The van der Waals surface area contributed by atoms with E-state index in [0.29, 0.717) is 52.4 Å². The average molecular weight is 1870 g/mol. The lowest BCUT2D eigenvalue weighted by Gasteiger charge is -2.21. The van der Waals surface area contributed by atoms with Crippen LogP contribution in [0.5, 0.6) is 0 Å². The first kappa shape index (κ1) is 84.7. The highest BCUT2D eigenvalue weighted by Crippen LogP contribution is 2.56. The molecule has 0 N–H and O–H groups in total. The Morgan fingerprint density at radius 2 is 0.407 bits per heavy atom. The Labute approximate surface area is 840 Å². The number of hydrogen-bond acceptors (Lipinski definition) is 10. The molecule has 28 aromatic rings. The topological polar surface area (TPSA) is 116 Å². The summed E-state index contributed by atoms with van der Waals surface area (Å²) in [6.07, 6.45) is 0. The lowest BCUT2D eigenvalue weighted by molar-refractivity contribution is 0.660. The van der Waals surface area contributed by atoms with Gasteiger partial charge in [-0.15, -0.1) is 11.3 Å². The zero-order valence-electron chi connectivity index (χ0n) is 79.7. The fourth-order valence-corrected chi connectivity index (χ4v) is 24.0. The molecule has 0 saturated heterocycles. The van der Waals surface area contributed by atoms with Crippen LogP contribution >= 0.6 is 11.3 Å². The maximum absolute atomic E-state index is 5.21. The zero-order chi connectivity index (χ0) is 96.3. The van der Waals surface area contributed by atoms with Gasteiger partial charge >= 0.3 is 0 Å². The summed E-state index contributed by atoms with van der Waals surface area (Å²) < 4.78 is 2.61. The molecular formula is C135H87N9S. The molecule has 9 nitrogen and oxygen atoms in total. The van der Waals surface area contributed by atoms with Crippen molar-refractivity contribution in [2.45, 2.75) is 38.5 Å². The van der Waals surface area contributed by atoms with E-state index in [1.807, 2.05) is 11.3 Å². The number of hydrogen-bond donors (Lipinski definition) is 0. The Morgan fingerprint density at radius 3 is 0.793 bits per heavy atom. The van der Waals surface area contributed by atoms with Crippen molar-refractivity contribution >= 4 is 161 Å². The van der Waals surface area contributed by atoms with Crippen molar-refractivity contribution in [3.05, 3.63) is 477 Å². The van der Waals surface area contributed by atoms with Crippen LogP contribution < -0.4 is 0 Å². The van der Waals surface area contributed by atoms with Crippen LogP contribution in [-0.2, 0) is 10.8 Å². The highest BCUT2D eigenvalue weighted by molar-refractivity contribution is 7.26. The van der Waals surface area contributed by atoms with Crippen LogP contribution in [0.2, 0.25) is 0 Å². The van der Waals surface area contributed by atoms with Crippen molar-refractivity contribution in [3.63, 3.8) is 0 Å². The van der Waals surface area contributed by atoms with Crippen LogP contribution in [0.25, 0.3) is 274 Å².